The Morgan fingerprint density at radius 2 is 2.06 bits per heavy atom. The van der Waals surface area contributed by atoms with E-state index in [1.165, 1.54) is 18.2 Å². The summed E-state index contributed by atoms with van der Waals surface area (Å²) in [5.74, 6) is 0.859. The summed E-state index contributed by atoms with van der Waals surface area (Å²) in [6, 6.07) is 4.39. The maximum Gasteiger partial charge on any atom is 0.387 e. The second-order valence-corrected chi connectivity index (χ2v) is 3.84. The minimum atomic E-state index is -2.85. The van der Waals surface area contributed by atoms with Crippen LogP contribution in [0, 0.1) is 5.92 Å². The first-order valence-electron chi connectivity index (χ1n) is 5.12. The molecule has 16 heavy (non-hydrogen) atoms. The van der Waals surface area contributed by atoms with Gasteiger partial charge in [-0.15, -0.1) is 0 Å². The Labute approximate surface area is 92.1 Å². The third kappa shape index (κ3) is 2.98. The van der Waals surface area contributed by atoms with Crippen molar-refractivity contribution in [3.8, 4) is 11.5 Å². The zero-order valence-corrected chi connectivity index (χ0v) is 8.66. The first-order valence-corrected chi connectivity index (χ1v) is 5.12. The van der Waals surface area contributed by atoms with Crippen molar-refractivity contribution in [2.24, 2.45) is 5.92 Å². The lowest BCUT2D eigenvalue weighted by Gasteiger charge is -2.12. The van der Waals surface area contributed by atoms with Crippen molar-refractivity contribution in [3.63, 3.8) is 0 Å². The predicted molar refractivity (Wildman–Crippen MR) is 55.7 cm³/mol. The van der Waals surface area contributed by atoms with E-state index in [4.69, 9.17) is 10.5 Å². The number of halogens is 2. The molecule has 0 unspecified atom stereocenters. The van der Waals surface area contributed by atoms with Gasteiger partial charge in [0, 0.05) is 11.8 Å². The summed E-state index contributed by atoms with van der Waals surface area (Å²) in [6.45, 7) is -2.32. The number of anilines is 1. The molecule has 0 amide bonds. The van der Waals surface area contributed by atoms with Gasteiger partial charge in [0.05, 0.1) is 6.61 Å². The standard InChI is InChI=1S/C11H13F2NO2/c12-11(13)16-9-4-3-8(14)5-10(9)15-6-7-1-2-7/h3-5,7,11H,1-2,6,14H2. The van der Waals surface area contributed by atoms with E-state index in [1.54, 1.807) is 0 Å². The van der Waals surface area contributed by atoms with E-state index in [9.17, 15) is 8.78 Å². The first-order chi connectivity index (χ1) is 7.65. The lowest BCUT2D eigenvalue weighted by Crippen LogP contribution is -2.06. The van der Waals surface area contributed by atoms with E-state index in [-0.39, 0.29) is 11.5 Å². The van der Waals surface area contributed by atoms with E-state index in [0.717, 1.165) is 12.8 Å². The summed E-state index contributed by atoms with van der Waals surface area (Å²) in [6.07, 6.45) is 2.26. The van der Waals surface area contributed by atoms with Crippen molar-refractivity contribution in [2.75, 3.05) is 12.3 Å². The van der Waals surface area contributed by atoms with Crippen molar-refractivity contribution >= 4 is 5.69 Å². The zero-order chi connectivity index (χ0) is 11.5. The van der Waals surface area contributed by atoms with Gasteiger partial charge in [-0.1, -0.05) is 0 Å². The van der Waals surface area contributed by atoms with Crippen LogP contribution in [0.2, 0.25) is 0 Å². The van der Waals surface area contributed by atoms with Crippen LogP contribution in [0.25, 0.3) is 0 Å². The molecule has 0 bridgehead atoms. The fourth-order valence-electron chi connectivity index (χ4n) is 1.32. The molecule has 1 aliphatic rings. The van der Waals surface area contributed by atoms with Crippen LogP contribution >= 0.6 is 0 Å². The number of hydrogen-bond donors (Lipinski definition) is 1. The molecule has 0 aromatic heterocycles. The van der Waals surface area contributed by atoms with E-state index in [1.807, 2.05) is 0 Å². The Hall–Kier alpha value is -1.52. The van der Waals surface area contributed by atoms with Gasteiger partial charge < -0.3 is 15.2 Å². The van der Waals surface area contributed by atoms with E-state index >= 15 is 0 Å². The molecule has 5 heteroatoms. The van der Waals surface area contributed by atoms with E-state index < -0.39 is 6.61 Å². The summed E-state index contributed by atoms with van der Waals surface area (Å²) in [5.41, 5.74) is 6.02. The number of alkyl halides is 2. The second kappa shape index (κ2) is 4.55. The molecule has 2 N–H and O–H groups in total. The monoisotopic (exact) mass is 229 g/mol. The van der Waals surface area contributed by atoms with Crippen LogP contribution in [-0.4, -0.2) is 13.2 Å². The van der Waals surface area contributed by atoms with Crippen LogP contribution in [-0.2, 0) is 0 Å². The molecule has 1 aromatic rings. The number of nitrogen functional groups attached to an aromatic ring is 1. The highest BCUT2D eigenvalue weighted by atomic mass is 19.3. The van der Waals surface area contributed by atoms with Crippen molar-refractivity contribution < 1.29 is 18.3 Å². The van der Waals surface area contributed by atoms with Crippen molar-refractivity contribution in [1.82, 2.24) is 0 Å². The highest BCUT2D eigenvalue weighted by Crippen LogP contribution is 2.34. The van der Waals surface area contributed by atoms with Crippen LogP contribution < -0.4 is 15.2 Å². The summed E-state index contributed by atoms with van der Waals surface area (Å²) in [4.78, 5) is 0. The van der Waals surface area contributed by atoms with Gasteiger partial charge in [0.1, 0.15) is 0 Å². The van der Waals surface area contributed by atoms with Crippen LogP contribution in [0.5, 0.6) is 11.5 Å². The maximum atomic E-state index is 12.1. The summed E-state index contributed by atoms with van der Waals surface area (Å²) in [7, 11) is 0. The van der Waals surface area contributed by atoms with Gasteiger partial charge in [-0.05, 0) is 30.9 Å². The molecule has 88 valence electrons. The molecule has 3 nitrogen and oxygen atoms in total. The summed E-state index contributed by atoms with van der Waals surface area (Å²) in [5, 5.41) is 0. The van der Waals surface area contributed by atoms with Gasteiger partial charge in [0.25, 0.3) is 0 Å². The highest BCUT2D eigenvalue weighted by Gasteiger charge is 2.23. The Morgan fingerprint density at radius 1 is 1.31 bits per heavy atom. The molecule has 0 spiro atoms. The van der Waals surface area contributed by atoms with E-state index in [2.05, 4.69) is 4.74 Å². The molecule has 0 saturated heterocycles. The van der Waals surface area contributed by atoms with Crippen LogP contribution in [0.3, 0.4) is 0 Å². The number of nitrogens with two attached hydrogens (primary N) is 1. The topological polar surface area (TPSA) is 44.5 Å². The average molecular weight is 229 g/mol. The fourth-order valence-corrected chi connectivity index (χ4v) is 1.32. The van der Waals surface area contributed by atoms with Crippen LogP contribution in [0.1, 0.15) is 12.8 Å². The van der Waals surface area contributed by atoms with Gasteiger partial charge in [-0.2, -0.15) is 8.78 Å². The van der Waals surface area contributed by atoms with Gasteiger partial charge >= 0.3 is 6.61 Å². The van der Waals surface area contributed by atoms with E-state index in [0.29, 0.717) is 18.2 Å². The molecule has 0 radical (unpaired) electrons. The van der Waals surface area contributed by atoms with Crippen molar-refractivity contribution in [2.45, 2.75) is 19.5 Å². The van der Waals surface area contributed by atoms with Crippen LogP contribution in [0.15, 0.2) is 18.2 Å². The minimum absolute atomic E-state index is 0.0323. The molecular formula is C11H13F2NO2. The van der Waals surface area contributed by atoms with Gasteiger partial charge in [-0.3, -0.25) is 0 Å². The van der Waals surface area contributed by atoms with Crippen LogP contribution in [0.4, 0.5) is 14.5 Å². The highest BCUT2D eigenvalue weighted by molar-refractivity contribution is 5.52. The Kier molecular flexibility index (Phi) is 3.12. The molecule has 0 aliphatic heterocycles. The normalized spacial score (nSPS) is 15.2. The third-order valence-corrected chi connectivity index (χ3v) is 2.36. The largest absolute Gasteiger partial charge is 0.489 e. The molecule has 1 fully saturated rings. The molecule has 2 rings (SSSR count). The Bertz CT molecular complexity index is 367. The van der Waals surface area contributed by atoms with Crippen molar-refractivity contribution in [1.29, 1.82) is 0 Å². The summed E-state index contributed by atoms with van der Waals surface area (Å²) < 4.78 is 34.0. The Morgan fingerprint density at radius 3 is 2.69 bits per heavy atom. The predicted octanol–water partition coefficient (Wildman–Crippen LogP) is 2.66. The second-order valence-electron chi connectivity index (χ2n) is 3.84. The molecule has 1 aliphatic carbocycles. The third-order valence-electron chi connectivity index (χ3n) is 2.36. The first kappa shape index (κ1) is 11.0. The lowest BCUT2D eigenvalue weighted by molar-refractivity contribution is -0.0515. The zero-order valence-electron chi connectivity index (χ0n) is 8.66. The average Bonchev–Trinajstić information content (AvgIpc) is 3.01. The van der Waals surface area contributed by atoms with Gasteiger partial charge in [0.2, 0.25) is 0 Å². The molecule has 1 saturated carbocycles. The number of rotatable bonds is 5. The fraction of sp³-hybridized carbons (Fsp3) is 0.455. The number of hydrogen-bond acceptors (Lipinski definition) is 3. The number of ether oxygens (including phenoxy) is 2. The maximum absolute atomic E-state index is 12.1. The van der Waals surface area contributed by atoms with Gasteiger partial charge in [-0.25, -0.2) is 0 Å². The molecule has 1 aromatic carbocycles. The quantitative estimate of drug-likeness (QED) is 0.789. The van der Waals surface area contributed by atoms with Gasteiger partial charge in [0.15, 0.2) is 11.5 Å². The minimum Gasteiger partial charge on any atom is -0.489 e. The molecular weight excluding hydrogens is 216 g/mol. The number of benzene rings is 1. The molecule has 0 atom stereocenters. The van der Waals surface area contributed by atoms with Crippen molar-refractivity contribution in [3.05, 3.63) is 18.2 Å². The smallest absolute Gasteiger partial charge is 0.387 e. The molecule has 0 heterocycles. The summed E-state index contributed by atoms with van der Waals surface area (Å²) >= 11 is 0. The lowest BCUT2D eigenvalue weighted by atomic mass is 10.3. The Balaban J connectivity index is 2.07. The SMILES string of the molecule is Nc1ccc(OC(F)F)c(OCC2CC2)c1.